The van der Waals surface area contributed by atoms with Gasteiger partial charge in [0, 0.05) is 35.9 Å². The number of carbonyl (C=O) groups is 1. The lowest BCUT2D eigenvalue weighted by Crippen LogP contribution is -2.40. The zero-order valence-corrected chi connectivity index (χ0v) is 18.7. The molecule has 2 aliphatic carbocycles. The fourth-order valence-corrected chi connectivity index (χ4v) is 4.92. The average molecular weight is 429 g/mol. The first-order valence-electron chi connectivity index (χ1n) is 11.0. The van der Waals surface area contributed by atoms with Crippen LogP contribution in [0.25, 0.3) is 6.08 Å². The number of allylic oxidation sites excluding steroid dienone is 3. The van der Waals surface area contributed by atoms with Crippen molar-refractivity contribution in [3.05, 3.63) is 98.5 Å². The number of H-pyrrole nitrogens is 1. The number of aromatic amines is 1. The molecule has 2 bridgehead atoms. The topological polar surface area (TPSA) is 71.5 Å². The number of nitrogens with one attached hydrogen (secondary N) is 1. The van der Waals surface area contributed by atoms with Crippen LogP contribution < -0.4 is 5.56 Å². The molecule has 0 amide bonds. The van der Waals surface area contributed by atoms with Crippen LogP contribution in [0.5, 0.6) is 0 Å². The predicted molar refractivity (Wildman–Crippen MR) is 128 cm³/mol. The normalized spacial score (nSPS) is 23.4. The molecule has 1 aromatic carbocycles. The van der Waals surface area contributed by atoms with E-state index in [1.54, 1.807) is 25.1 Å². The summed E-state index contributed by atoms with van der Waals surface area (Å²) in [5, 5.41) is 0. The fourth-order valence-electron chi connectivity index (χ4n) is 4.92. The second-order valence-electron chi connectivity index (χ2n) is 8.30. The van der Waals surface area contributed by atoms with E-state index in [1.165, 1.54) is 11.1 Å². The van der Waals surface area contributed by atoms with Crippen molar-refractivity contribution in [3.63, 3.8) is 0 Å². The van der Waals surface area contributed by atoms with E-state index in [2.05, 4.69) is 31.0 Å². The second kappa shape index (κ2) is 8.95. The minimum Gasteiger partial charge on any atom is -0.462 e. The van der Waals surface area contributed by atoms with Gasteiger partial charge in [0.25, 0.3) is 0 Å². The Bertz CT molecular complexity index is 1200. The van der Waals surface area contributed by atoms with E-state index < -0.39 is 5.54 Å². The molecule has 0 fully saturated rings. The monoisotopic (exact) mass is 428 g/mol. The highest BCUT2D eigenvalue weighted by Crippen LogP contribution is 2.51. The van der Waals surface area contributed by atoms with E-state index >= 15 is 0 Å². The summed E-state index contributed by atoms with van der Waals surface area (Å²) in [5.41, 5.74) is 5.60. The summed E-state index contributed by atoms with van der Waals surface area (Å²) in [6.45, 7) is 6.38. The van der Waals surface area contributed by atoms with E-state index in [9.17, 15) is 9.59 Å². The Morgan fingerprint density at radius 2 is 2.03 bits per heavy atom. The van der Waals surface area contributed by atoms with Gasteiger partial charge in [0.15, 0.2) is 0 Å². The number of benzene rings is 1. The van der Waals surface area contributed by atoms with Crippen LogP contribution in [0.2, 0.25) is 0 Å². The number of esters is 1. The van der Waals surface area contributed by atoms with Gasteiger partial charge in [-0.05, 0) is 62.6 Å². The van der Waals surface area contributed by atoms with Crippen molar-refractivity contribution in [3.8, 4) is 0 Å². The third-order valence-electron chi connectivity index (χ3n) is 6.17. The van der Waals surface area contributed by atoms with Gasteiger partial charge in [-0.1, -0.05) is 35.9 Å². The molecule has 1 N–H and O–H groups in total. The molecular formula is C27H28N2O3. The minimum absolute atomic E-state index is 0.0725. The van der Waals surface area contributed by atoms with Gasteiger partial charge in [0.2, 0.25) is 5.56 Å². The molecule has 0 spiro atoms. The molecule has 2 aliphatic rings. The first kappa shape index (κ1) is 21.8. The Labute approximate surface area is 188 Å². The van der Waals surface area contributed by atoms with Gasteiger partial charge < -0.3 is 9.72 Å². The number of fused-ring (bicyclic) bond motifs is 4. The maximum absolute atomic E-state index is 11.9. The van der Waals surface area contributed by atoms with E-state index in [1.807, 2.05) is 36.6 Å². The van der Waals surface area contributed by atoms with Crippen LogP contribution >= 0.6 is 0 Å². The van der Waals surface area contributed by atoms with Crippen LogP contribution in [0.3, 0.4) is 0 Å². The smallest absolute Gasteiger partial charge is 0.338 e. The Balaban J connectivity index is 1.64. The Hall–Kier alpha value is -3.47. The Kier molecular flexibility index (Phi) is 6.08. The quantitative estimate of drug-likeness (QED) is 0.414. The van der Waals surface area contributed by atoms with Crippen molar-refractivity contribution in [2.24, 2.45) is 10.9 Å². The summed E-state index contributed by atoms with van der Waals surface area (Å²) in [4.78, 5) is 31.9. The number of ether oxygens (including phenoxy) is 1. The molecule has 32 heavy (non-hydrogen) atoms. The lowest BCUT2D eigenvalue weighted by atomic mass is 9.63. The third kappa shape index (κ3) is 4.03. The van der Waals surface area contributed by atoms with Crippen LogP contribution in [0.1, 0.15) is 54.4 Å². The molecule has 4 rings (SSSR count). The number of carbonyl (C=O) groups excluding carboxylic acids is 1. The van der Waals surface area contributed by atoms with Crippen LogP contribution in [0.4, 0.5) is 0 Å². The summed E-state index contributed by atoms with van der Waals surface area (Å²) in [6.07, 6.45) is 11.8. The van der Waals surface area contributed by atoms with Gasteiger partial charge in [-0.15, -0.1) is 0 Å². The van der Waals surface area contributed by atoms with Crippen molar-refractivity contribution in [2.45, 2.75) is 39.2 Å². The number of nitrogens with zero attached hydrogens (tertiary/aromatic N) is 1. The maximum Gasteiger partial charge on any atom is 0.338 e. The molecule has 0 aliphatic heterocycles. The Morgan fingerprint density at radius 3 is 2.75 bits per heavy atom. The molecular weight excluding hydrogens is 400 g/mol. The van der Waals surface area contributed by atoms with Gasteiger partial charge in [-0.2, -0.15) is 0 Å². The summed E-state index contributed by atoms with van der Waals surface area (Å²) in [6, 6.07) is 10.8. The largest absolute Gasteiger partial charge is 0.462 e. The Morgan fingerprint density at radius 1 is 1.25 bits per heavy atom. The van der Waals surface area contributed by atoms with E-state index in [4.69, 9.17) is 9.73 Å². The predicted octanol–water partition coefficient (Wildman–Crippen LogP) is 5.00. The number of aromatic nitrogens is 1. The van der Waals surface area contributed by atoms with Crippen LogP contribution in [-0.2, 0) is 16.7 Å². The summed E-state index contributed by atoms with van der Waals surface area (Å²) in [5.74, 6) is -0.0669. The first-order valence-corrected chi connectivity index (χ1v) is 11.0. The van der Waals surface area contributed by atoms with Crippen LogP contribution in [0.15, 0.2) is 75.6 Å². The summed E-state index contributed by atoms with van der Waals surface area (Å²) >= 11 is 0. The SMILES string of the molecule is C/C=C1\[C@H]2C=C(C)C[C@]1(/N=C/C=C/c1ccc(C(=O)OCC)cc1)c1ccc(=O)[nH]c1C2. The van der Waals surface area contributed by atoms with E-state index in [0.29, 0.717) is 12.2 Å². The average Bonchev–Trinajstić information content (AvgIpc) is 2.76. The molecule has 0 unspecified atom stereocenters. The zero-order valence-electron chi connectivity index (χ0n) is 18.7. The zero-order chi connectivity index (χ0) is 22.7. The minimum atomic E-state index is -0.492. The van der Waals surface area contributed by atoms with Gasteiger partial charge >= 0.3 is 5.97 Å². The molecule has 0 saturated heterocycles. The highest BCUT2D eigenvalue weighted by molar-refractivity contribution is 5.89. The third-order valence-corrected chi connectivity index (χ3v) is 6.17. The standard InChI is InChI=1S/C27H28N2O3/c1-4-22-21-15-18(3)17-27(22,23-12-13-25(30)29-24(23)16-21)28-14-6-7-19-8-10-20(11-9-19)26(31)32-5-2/h4,6-15,21H,5,16-17H2,1-3H3,(H,29,30)/b7-6+,22-4+,28-14+/t21-,27+/m0/s1. The van der Waals surface area contributed by atoms with Gasteiger partial charge in [-0.3, -0.25) is 9.79 Å². The molecule has 2 aromatic rings. The highest BCUT2D eigenvalue weighted by Gasteiger charge is 2.46. The first-order chi connectivity index (χ1) is 15.5. The van der Waals surface area contributed by atoms with Crippen molar-refractivity contribution < 1.29 is 9.53 Å². The molecule has 1 heterocycles. The number of aliphatic imine (C=N–C) groups is 1. The van der Waals surface area contributed by atoms with Gasteiger partial charge in [0.05, 0.1) is 12.2 Å². The highest BCUT2D eigenvalue weighted by atomic mass is 16.5. The van der Waals surface area contributed by atoms with E-state index in [-0.39, 0.29) is 17.4 Å². The van der Waals surface area contributed by atoms with E-state index in [0.717, 1.165) is 29.7 Å². The van der Waals surface area contributed by atoms with Crippen LogP contribution in [0, 0.1) is 5.92 Å². The number of pyridine rings is 1. The number of hydrogen-bond donors (Lipinski definition) is 1. The number of rotatable bonds is 5. The molecule has 164 valence electrons. The number of hydrogen-bond acceptors (Lipinski definition) is 4. The van der Waals surface area contributed by atoms with Gasteiger partial charge in [0.1, 0.15) is 5.54 Å². The van der Waals surface area contributed by atoms with Crippen molar-refractivity contribution in [1.82, 2.24) is 4.98 Å². The molecule has 1 aromatic heterocycles. The molecule has 0 saturated carbocycles. The molecule has 5 heteroatoms. The van der Waals surface area contributed by atoms with Crippen molar-refractivity contribution in [2.75, 3.05) is 6.61 Å². The lowest BCUT2D eigenvalue weighted by molar-refractivity contribution is 0.0526. The fraction of sp³-hybridized carbons (Fsp3) is 0.296. The summed E-state index contributed by atoms with van der Waals surface area (Å²) in [7, 11) is 0. The van der Waals surface area contributed by atoms with Crippen LogP contribution in [-0.4, -0.2) is 23.8 Å². The molecule has 2 atom stereocenters. The summed E-state index contributed by atoms with van der Waals surface area (Å²) < 4.78 is 5.03. The maximum atomic E-state index is 11.9. The molecule has 0 radical (unpaired) electrons. The van der Waals surface area contributed by atoms with Crippen molar-refractivity contribution >= 4 is 18.3 Å². The van der Waals surface area contributed by atoms with Crippen molar-refractivity contribution in [1.29, 1.82) is 0 Å². The van der Waals surface area contributed by atoms with Gasteiger partial charge in [-0.25, -0.2) is 4.79 Å². The second-order valence-corrected chi connectivity index (χ2v) is 8.30. The lowest BCUT2D eigenvalue weighted by Gasteiger charge is -2.45. The molecule has 5 nitrogen and oxygen atoms in total.